The lowest BCUT2D eigenvalue weighted by molar-refractivity contribution is 0.627. The van der Waals surface area contributed by atoms with Crippen molar-refractivity contribution >= 4 is 17.3 Å². The van der Waals surface area contributed by atoms with E-state index in [1.165, 1.54) is 18.2 Å². The van der Waals surface area contributed by atoms with Crippen LogP contribution >= 0.6 is 11.6 Å². The van der Waals surface area contributed by atoms with Crippen LogP contribution in [0.5, 0.6) is 0 Å². The lowest BCUT2D eigenvalue weighted by Crippen LogP contribution is -1.72. The fourth-order valence-corrected chi connectivity index (χ4v) is 0.738. The molecule has 52 valence electrons. The maximum atomic E-state index is 12.5. The zero-order valence-corrected chi connectivity index (χ0v) is 5.69. The quantitative estimate of drug-likeness (QED) is 0.610. The summed E-state index contributed by atoms with van der Waals surface area (Å²) in [6, 6.07) is 3.88. The van der Waals surface area contributed by atoms with Gasteiger partial charge in [-0.3, -0.25) is 0 Å². The van der Waals surface area contributed by atoms with Gasteiger partial charge in [0.1, 0.15) is 5.69 Å². The molecule has 1 rings (SSSR count). The van der Waals surface area contributed by atoms with Crippen molar-refractivity contribution in [2.45, 2.75) is 0 Å². The van der Waals surface area contributed by atoms with E-state index in [2.05, 4.69) is 5.11 Å². The van der Waals surface area contributed by atoms with Crippen molar-refractivity contribution < 1.29 is 4.39 Å². The molecule has 0 aliphatic rings. The Morgan fingerprint density at radius 2 is 2.20 bits per heavy atom. The molecule has 0 atom stereocenters. The number of nitrogens with one attached hydrogen (secondary N) is 1. The van der Waals surface area contributed by atoms with Crippen LogP contribution in [0, 0.1) is 11.3 Å². The number of nitrogens with zero attached hydrogens (tertiary/aromatic N) is 1. The van der Waals surface area contributed by atoms with Crippen LogP contribution in [0.3, 0.4) is 0 Å². The summed E-state index contributed by atoms with van der Waals surface area (Å²) in [5.74, 6) is -0.528. The van der Waals surface area contributed by atoms with Gasteiger partial charge < -0.3 is 0 Å². The highest BCUT2D eigenvalue weighted by Crippen LogP contribution is 2.21. The molecule has 1 aromatic rings. The first-order chi connectivity index (χ1) is 4.74. The first kappa shape index (κ1) is 7.15. The predicted octanol–water partition coefficient (Wildman–Crippen LogP) is 3.14. The van der Waals surface area contributed by atoms with Crippen LogP contribution < -0.4 is 0 Å². The highest BCUT2D eigenvalue weighted by molar-refractivity contribution is 6.30. The Balaban J connectivity index is 3.21. The van der Waals surface area contributed by atoms with E-state index in [-0.39, 0.29) is 5.69 Å². The highest BCUT2D eigenvalue weighted by atomic mass is 35.5. The molecular weight excluding hydrogens is 155 g/mol. The summed E-state index contributed by atoms with van der Waals surface area (Å²) in [5, 5.41) is 3.30. The molecule has 0 saturated carbocycles. The average Bonchev–Trinajstić information content (AvgIpc) is 1.94. The summed E-state index contributed by atoms with van der Waals surface area (Å²) in [6.07, 6.45) is 0. The predicted molar refractivity (Wildman–Crippen MR) is 36.2 cm³/mol. The number of halogens is 2. The molecule has 2 nitrogen and oxygen atoms in total. The maximum absolute atomic E-state index is 12.5. The molecule has 0 aliphatic heterocycles. The molecule has 0 saturated heterocycles. The summed E-state index contributed by atoms with van der Waals surface area (Å²) in [5.41, 5.74) is 6.47. The summed E-state index contributed by atoms with van der Waals surface area (Å²) in [6.45, 7) is 0. The topological polar surface area (TPSA) is 36.2 Å². The molecule has 1 N–H and O–H groups in total. The van der Waals surface area contributed by atoms with Crippen molar-refractivity contribution in [3.8, 4) is 0 Å². The smallest absolute Gasteiger partial charge is 0.150 e. The van der Waals surface area contributed by atoms with Crippen molar-refractivity contribution in [2.24, 2.45) is 5.11 Å². The van der Waals surface area contributed by atoms with Crippen LogP contribution in [0.15, 0.2) is 23.3 Å². The maximum Gasteiger partial charge on any atom is 0.150 e. The Labute approximate surface area is 62.1 Å². The van der Waals surface area contributed by atoms with Crippen LogP contribution in [-0.2, 0) is 0 Å². The molecule has 0 aromatic heterocycles. The lowest BCUT2D eigenvalue weighted by atomic mass is 10.3. The zero-order valence-electron chi connectivity index (χ0n) is 4.94. The fourth-order valence-electron chi connectivity index (χ4n) is 0.571. The van der Waals surface area contributed by atoms with Gasteiger partial charge in [-0.05, 0) is 18.2 Å². The molecule has 0 aliphatic carbocycles. The molecule has 0 amide bonds. The Hall–Kier alpha value is -0.960. The Morgan fingerprint density at radius 3 is 2.70 bits per heavy atom. The van der Waals surface area contributed by atoms with Crippen LogP contribution in [0.2, 0.25) is 5.02 Å². The summed E-state index contributed by atoms with van der Waals surface area (Å²) < 4.78 is 12.5. The average molecular weight is 159 g/mol. The van der Waals surface area contributed by atoms with E-state index in [0.29, 0.717) is 5.02 Å². The minimum absolute atomic E-state index is 0.0347. The third-order valence-electron chi connectivity index (χ3n) is 1.03. The number of hydrogen-bond donors (Lipinski definition) is 1. The van der Waals surface area contributed by atoms with Crippen LogP contribution in [0.25, 0.3) is 0 Å². The van der Waals surface area contributed by atoms with Gasteiger partial charge in [0.05, 0.1) is 0 Å². The molecule has 0 radical (unpaired) electrons. The summed E-state index contributed by atoms with van der Waals surface area (Å²) in [7, 11) is 0. The molecular formula is C6H4ClFN2. The van der Waals surface area contributed by atoms with Gasteiger partial charge in [0.2, 0.25) is 0 Å². The first-order valence-corrected chi connectivity index (χ1v) is 2.94. The molecule has 0 bridgehead atoms. The molecule has 0 spiro atoms. The highest BCUT2D eigenvalue weighted by Gasteiger charge is 1.99. The SMILES string of the molecule is N=Nc1cc(Cl)ccc1F. The largest absolute Gasteiger partial charge is 0.205 e. The van der Waals surface area contributed by atoms with Gasteiger partial charge in [-0.2, -0.15) is 5.11 Å². The van der Waals surface area contributed by atoms with E-state index in [0.717, 1.165) is 0 Å². The molecule has 10 heavy (non-hydrogen) atoms. The Kier molecular flexibility index (Phi) is 1.97. The van der Waals surface area contributed by atoms with Crippen molar-refractivity contribution in [3.05, 3.63) is 29.0 Å². The fraction of sp³-hybridized carbons (Fsp3) is 0. The monoisotopic (exact) mass is 158 g/mol. The zero-order chi connectivity index (χ0) is 7.56. The van der Waals surface area contributed by atoms with Crippen LogP contribution in [0.1, 0.15) is 0 Å². The summed E-state index contributed by atoms with van der Waals surface area (Å²) >= 11 is 5.49. The van der Waals surface area contributed by atoms with E-state index < -0.39 is 5.82 Å². The van der Waals surface area contributed by atoms with E-state index in [1.54, 1.807) is 0 Å². The first-order valence-electron chi connectivity index (χ1n) is 2.56. The third-order valence-corrected chi connectivity index (χ3v) is 1.26. The number of benzene rings is 1. The van der Waals surface area contributed by atoms with Gasteiger partial charge in [0, 0.05) is 5.02 Å². The second kappa shape index (κ2) is 2.75. The van der Waals surface area contributed by atoms with Gasteiger partial charge in [-0.15, -0.1) is 0 Å². The Bertz CT molecular complexity index is 262. The second-order valence-corrected chi connectivity index (χ2v) is 2.14. The van der Waals surface area contributed by atoms with E-state index in [4.69, 9.17) is 17.1 Å². The van der Waals surface area contributed by atoms with Gasteiger partial charge in [0.15, 0.2) is 5.82 Å². The van der Waals surface area contributed by atoms with E-state index in [1.807, 2.05) is 0 Å². The minimum atomic E-state index is -0.528. The number of hydrogen-bond acceptors (Lipinski definition) is 2. The van der Waals surface area contributed by atoms with Crippen molar-refractivity contribution in [1.82, 2.24) is 0 Å². The second-order valence-electron chi connectivity index (χ2n) is 1.71. The van der Waals surface area contributed by atoms with Gasteiger partial charge >= 0.3 is 0 Å². The van der Waals surface area contributed by atoms with Crippen LogP contribution in [0.4, 0.5) is 10.1 Å². The lowest BCUT2D eigenvalue weighted by Gasteiger charge is -1.92. The Morgan fingerprint density at radius 1 is 1.50 bits per heavy atom. The van der Waals surface area contributed by atoms with Crippen LogP contribution in [-0.4, -0.2) is 0 Å². The summed E-state index contributed by atoms with van der Waals surface area (Å²) in [4.78, 5) is 0. The minimum Gasteiger partial charge on any atom is -0.205 e. The van der Waals surface area contributed by atoms with E-state index >= 15 is 0 Å². The number of rotatable bonds is 1. The van der Waals surface area contributed by atoms with E-state index in [9.17, 15) is 4.39 Å². The van der Waals surface area contributed by atoms with Crippen molar-refractivity contribution in [3.63, 3.8) is 0 Å². The van der Waals surface area contributed by atoms with Crippen molar-refractivity contribution in [2.75, 3.05) is 0 Å². The molecule has 4 heteroatoms. The van der Waals surface area contributed by atoms with Crippen molar-refractivity contribution in [1.29, 1.82) is 5.53 Å². The van der Waals surface area contributed by atoms with Gasteiger partial charge in [-0.25, -0.2) is 9.92 Å². The van der Waals surface area contributed by atoms with Gasteiger partial charge in [-0.1, -0.05) is 11.6 Å². The third kappa shape index (κ3) is 1.30. The molecule has 0 fully saturated rings. The normalized spacial score (nSPS) is 9.40. The molecule has 0 unspecified atom stereocenters. The molecule has 1 aromatic carbocycles. The van der Waals surface area contributed by atoms with Gasteiger partial charge in [0.25, 0.3) is 0 Å². The molecule has 0 heterocycles. The standard InChI is InChI=1S/C6H4ClFN2/c7-4-1-2-5(8)6(3-4)10-9/h1-3,9H.